The number of rotatable bonds is 7. The third kappa shape index (κ3) is 4.14. The predicted octanol–water partition coefficient (Wildman–Crippen LogP) is -0.115. The molecule has 0 amide bonds. The van der Waals surface area contributed by atoms with Gasteiger partial charge in [0.05, 0.1) is 19.7 Å². The zero-order valence-electron chi connectivity index (χ0n) is 14.8. The van der Waals surface area contributed by atoms with Gasteiger partial charge in [-0.1, -0.05) is 0 Å². The normalized spacial score (nSPS) is 15.6. The lowest BCUT2D eigenvalue weighted by Gasteiger charge is -2.35. The number of hydrogen-bond donors (Lipinski definition) is 2. The van der Waals surface area contributed by atoms with E-state index in [2.05, 4.69) is 24.5 Å². The molecule has 2 aromatic rings. The highest BCUT2D eigenvalue weighted by Crippen LogP contribution is 2.34. The third-order valence-corrected chi connectivity index (χ3v) is 4.94. The van der Waals surface area contributed by atoms with Crippen LogP contribution in [0.5, 0.6) is 11.5 Å². The van der Waals surface area contributed by atoms with Crippen molar-refractivity contribution in [2.24, 2.45) is 0 Å². The van der Waals surface area contributed by atoms with Crippen LogP contribution in [0.1, 0.15) is 0 Å². The molecule has 0 saturated carbocycles. The Balaban J connectivity index is 1.75. The fourth-order valence-electron chi connectivity index (χ4n) is 3.10. The lowest BCUT2D eigenvalue weighted by Crippen LogP contribution is -2.48. The van der Waals surface area contributed by atoms with E-state index in [4.69, 9.17) is 9.47 Å². The van der Waals surface area contributed by atoms with Crippen molar-refractivity contribution in [3.05, 3.63) is 18.5 Å². The number of methoxy groups -OCH3 is 2. The lowest BCUT2D eigenvalue weighted by atomic mass is 10.2. The minimum atomic E-state index is -2.53. The molecule has 9 nitrogen and oxygen atoms in total. The summed E-state index contributed by atoms with van der Waals surface area (Å²) in [6.07, 6.45) is 1.56. The molecule has 1 fully saturated rings. The van der Waals surface area contributed by atoms with Crippen LogP contribution in [-0.4, -0.2) is 76.8 Å². The minimum Gasteiger partial charge on any atom is -0.493 e. The quantitative estimate of drug-likeness (QED) is 0.641. The summed E-state index contributed by atoms with van der Waals surface area (Å²) in [6, 6.07) is 3.76. The molecule has 0 radical (unpaired) electrons. The van der Waals surface area contributed by atoms with E-state index in [0.29, 0.717) is 24.6 Å². The van der Waals surface area contributed by atoms with Crippen LogP contribution in [0.15, 0.2) is 18.5 Å². The average molecular weight is 381 g/mol. The number of thiol groups is 1. The molecule has 0 bridgehead atoms. The average Bonchev–Trinajstić information content (AvgIpc) is 2.66. The van der Waals surface area contributed by atoms with Crippen LogP contribution in [-0.2, 0) is 10.9 Å². The maximum atomic E-state index is 10.6. The molecule has 0 spiro atoms. The molecule has 1 N–H and O–H groups in total. The van der Waals surface area contributed by atoms with Gasteiger partial charge in [-0.15, -0.1) is 0 Å². The van der Waals surface area contributed by atoms with Crippen LogP contribution < -0.4 is 19.1 Å². The van der Waals surface area contributed by atoms with Crippen molar-refractivity contribution in [3.8, 4) is 11.5 Å². The largest absolute Gasteiger partial charge is 0.493 e. The number of aromatic nitrogens is 2. The highest BCUT2D eigenvalue weighted by atomic mass is 32.2. The second kappa shape index (κ2) is 8.47. The first-order valence-corrected chi connectivity index (χ1v) is 9.52. The molecule has 1 saturated heterocycles. The number of benzene rings is 1. The summed E-state index contributed by atoms with van der Waals surface area (Å²) in [7, 11) is 0.679. The zero-order chi connectivity index (χ0) is 18.5. The first kappa shape index (κ1) is 18.6. The fourth-order valence-corrected chi connectivity index (χ4v) is 3.39. The van der Waals surface area contributed by atoms with Crippen molar-refractivity contribution in [2.45, 2.75) is 0 Å². The molecule has 1 aromatic heterocycles. The zero-order valence-corrected chi connectivity index (χ0v) is 15.7. The number of anilines is 1. The van der Waals surface area contributed by atoms with Gasteiger partial charge in [-0.05, 0) is 6.07 Å². The molecular weight excluding hydrogens is 358 g/mol. The molecule has 1 aliphatic rings. The smallest absolute Gasteiger partial charge is 0.201 e. The van der Waals surface area contributed by atoms with Gasteiger partial charge in [-0.3, -0.25) is 4.90 Å². The van der Waals surface area contributed by atoms with Crippen LogP contribution in [0.4, 0.5) is 5.82 Å². The topological polar surface area (TPSA) is 96.9 Å². The van der Waals surface area contributed by atoms with Gasteiger partial charge in [0.1, 0.15) is 12.1 Å². The Morgan fingerprint density at radius 1 is 1.08 bits per heavy atom. The van der Waals surface area contributed by atoms with Crippen LogP contribution in [0.3, 0.4) is 0 Å². The number of ether oxygens (including phenoxy) is 2. The highest BCUT2D eigenvalue weighted by molar-refractivity contribution is 7.70. The lowest BCUT2D eigenvalue weighted by molar-refractivity contribution is 0.262. The van der Waals surface area contributed by atoms with Gasteiger partial charge < -0.3 is 14.4 Å². The monoisotopic (exact) mass is 381 g/mol. The van der Waals surface area contributed by atoms with E-state index < -0.39 is 10.9 Å². The van der Waals surface area contributed by atoms with Crippen LogP contribution in [0.2, 0.25) is 0 Å². The van der Waals surface area contributed by atoms with E-state index >= 15 is 0 Å². The summed E-state index contributed by atoms with van der Waals surface area (Å²) < 4.78 is 34.3. The SMILES string of the molecule is COc1cc2ncnc(N3CCN(CCN[SH](=O)=O)CC3)c2cc1OC. The fraction of sp³-hybridized carbons (Fsp3) is 0.500. The number of piperazine rings is 1. The van der Waals surface area contributed by atoms with Gasteiger partial charge in [0.2, 0.25) is 10.9 Å². The van der Waals surface area contributed by atoms with E-state index in [9.17, 15) is 8.42 Å². The molecule has 0 unspecified atom stereocenters. The Labute approximate surface area is 154 Å². The van der Waals surface area contributed by atoms with Crippen molar-refractivity contribution in [3.63, 3.8) is 0 Å². The van der Waals surface area contributed by atoms with Crippen molar-refractivity contribution in [1.29, 1.82) is 0 Å². The molecule has 0 atom stereocenters. The highest BCUT2D eigenvalue weighted by Gasteiger charge is 2.20. The van der Waals surface area contributed by atoms with Crippen molar-refractivity contribution in [1.82, 2.24) is 19.6 Å². The predicted molar refractivity (Wildman–Crippen MR) is 99.6 cm³/mol. The maximum absolute atomic E-state index is 10.6. The van der Waals surface area contributed by atoms with Gasteiger partial charge in [0.15, 0.2) is 11.5 Å². The van der Waals surface area contributed by atoms with E-state index in [1.807, 2.05) is 12.1 Å². The Hall–Kier alpha value is -2.17. The second-order valence-corrected chi connectivity index (χ2v) is 6.75. The van der Waals surface area contributed by atoms with E-state index in [1.165, 1.54) is 0 Å². The van der Waals surface area contributed by atoms with Gasteiger partial charge in [0, 0.05) is 50.7 Å². The summed E-state index contributed by atoms with van der Waals surface area (Å²) in [6.45, 7) is 4.44. The van der Waals surface area contributed by atoms with Crippen molar-refractivity contribution < 1.29 is 17.9 Å². The number of hydrogen-bond acceptors (Lipinski definition) is 8. The minimum absolute atomic E-state index is 0.437. The van der Waals surface area contributed by atoms with Crippen molar-refractivity contribution >= 4 is 27.6 Å². The van der Waals surface area contributed by atoms with Gasteiger partial charge in [-0.25, -0.2) is 23.1 Å². The third-order valence-electron chi connectivity index (χ3n) is 4.46. The van der Waals surface area contributed by atoms with Gasteiger partial charge in [-0.2, -0.15) is 0 Å². The summed E-state index contributed by atoms with van der Waals surface area (Å²) in [5, 5.41) is 0.920. The standard InChI is InChI=1S/C16H23N5O4S/c1-24-14-9-12-13(10-15(14)25-2)17-11-18-16(12)21-7-5-20(6-8-21)4-3-19-26(22)23/h9-11,26H,3-8H2,1-2H3,(H,19,22,23). The van der Waals surface area contributed by atoms with E-state index in [1.54, 1.807) is 20.5 Å². The molecule has 1 aromatic carbocycles. The molecular formula is C16H23N5O4S. The second-order valence-electron chi connectivity index (χ2n) is 5.92. The van der Waals surface area contributed by atoms with E-state index in [0.717, 1.165) is 42.9 Å². The molecule has 0 aliphatic carbocycles. The van der Waals surface area contributed by atoms with Gasteiger partial charge in [0.25, 0.3) is 0 Å². The Bertz CT molecular complexity index is 829. The first-order chi connectivity index (χ1) is 12.6. The maximum Gasteiger partial charge on any atom is 0.201 e. The van der Waals surface area contributed by atoms with Crippen LogP contribution >= 0.6 is 0 Å². The van der Waals surface area contributed by atoms with Crippen molar-refractivity contribution in [2.75, 3.05) is 58.4 Å². The van der Waals surface area contributed by atoms with Crippen LogP contribution in [0.25, 0.3) is 10.9 Å². The number of nitrogens with one attached hydrogen (secondary N) is 1. The summed E-state index contributed by atoms with van der Waals surface area (Å²) >= 11 is 0. The van der Waals surface area contributed by atoms with Gasteiger partial charge >= 0.3 is 0 Å². The Kier molecular flexibility index (Phi) is 6.07. The van der Waals surface area contributed by atoms with E-state index in [-0.39, 0.29) is 0 Å². The van der Waals surface area contributed by atoms with Crippen LogP contribution in [0, 0.1) is 0 Å². The molecule has 3 rings (SSSR count). The Morgan fingerprint density at radius 3 is 2.42 bits per heavy atom. The Morgan fingerprint density at radius 2 is 1.77 bits per heavy atom. The summed E-state index contributed by atoms with van der Waals surface area (Å²) in [5.41, 5.74) is 0.804. The molecule has 26 heavy (non-hydrogen) atoms. The number of nitrogens with zero attached hydrogens (tertiary/aromatic N) is 4. The molecule has 2 heterocycles. The summed E-state index contributed by atoms with van der Waals surface area (Å²) in [5.74, 6) is 2.16. The molecule has 10 heteroatoms. The molecule has 142 valence electrons. The first-order valence-electron chi connectivity index (χ1n) is 8.34. The summed E-state index contributed by atoms with van der Waals surface area (Å²) in [4.78, 5) is 13.3. The number of fused-ring (bicyclic) bond motifs is 1. The molecule has 1 aliphatic heterocycles.